The summed E-state index contributed by atoms with van der Waals surface area (Å²) in [5, 5.41) is 1.40. The average Bonchev–Trinajstić information content (AvgIpc) is 2.77. The number of hydrogen-bond acceptors (Lipinski definition) is 4. The zero-order valence-corrected chi connectivity index (χ0v) is 21.4. The number of fused-ring (bicyclic) bond motifs is 1. The van der Waals surface area contributed by atoms with Crippen LogP contribution in [0.15, 0.2) is 60.8 Å². The molecule has 0 spiro atoms. The van der Waals surface area contributed by atoms with Crippen LogP contribution in [0.1, 0.15) is 44.2 Å². The molecule has 1 atom stereocenters. The van der Waals surface area contributed by atoms with Crippen molar-refractivity contribution in [1.29, 1.82) is 0 Å². The number of aromatic nitrogens is 1. The van der Waals surface area contributed by atoms with E-state index in [0.29, 0.717) is 13.2 Å². The molecule has 0 saturated carbocycles. The lowest BCUT2D eigenvalue weighted by molar-refractivity contribution is 0.0996. The van der Waals surface area contributed by atoms with Gasteiger partial charge in [-0.2, -0.15) is 0 Å². The lowest BCUT2D eigenvalue weighted by Gasteiger charge is -2.36. The molecule has 4 nitrogen and oxygen atoms in total. The Morgan fingerprint density at radius 3 is 2.38 bits per heavy atom. The van der Waals surface area contributed by atoms with E-state index >= 15 is 0 Å². The van der Waals surface area contributed by atoms with Crippen LogP contribution in [-0.2, 0) is 15.8 Å². The number of hydrogen-bond donors (Lipinski definition) is 0. The fourth-order valence-electron chi connectivity index (χ4n) is 3.52. The van der Waals surface area contributed by atoms with E-state index in [2.05, 4.69) is 75.2 Å². The quantitative estimate of drug-likeness (QED) is 0.313. The second-order valence-corrected chi connectivity index (χ2v) is 14.7. The van der Waals surface area contributed by atoms with E-state index in [1.165, 1.54) is 10.9 Å². The summed E-state index contributed by atoms with van der Waals surface area (Å²) in [7, 11) is -0.103. The summed E-state index contributed by atoms with van der Waals surface area (Å²) in [6.45, 7) is 13.4. The second kappa shape index (κ2) is 10.6. The maximum absolute atomic E-state index is 6.50. The van der Waals surface area contributed by atoms with E-state index < -0.39 is 8.32 Å². The molecule has 0 N–H and O–H groups in total. The van der Waals surface area contributed by atoms with Crippen LogP contribution in [0.4, 0.5) is 0 Å². The molecule has 0 aliphatic heterocycles. The minimum atomic E-state index is -1.78. The Morgan fingerprint density at radius 2 is 1.69 bits per heavy atom. The van der Waals surface area contributed by atoms with Gasteiger partial charge in [-0.1, -0.05) is 51.1 Å². The number of methoxy groups -OCH3 is 1. The number of rotatable bonds is 10. The maximum Gasteiger partial charge on any atom is 0.191 e. The molecule has 1 heterocycles. The fourth-order valence-corrected chi connectivity index (χ4v) is 4.58. The summed E-state index contributed by atoms with van der Waals surface area (Å²) >= 11 is 0. The summed E-state index contributed by atoms with van der Waals surface area (Å²) in [4.78, 5) is 4.54. The van der Waals surface area contributed by atoms with E-state index in [1.807, 2.05) is 24.4 Å². The highest BCUT2D eigenvalue weighted by Crippen LogP contribution is 2.37. The first kappa shape index (κ1) is 24.4. The van der Waals surface area contributed by atoms with Gasteiger partial charge in [0.2, 0.25) is 0 Å². The Bertz CT molecular complexity index is 990. The average molecular weight is 452 g/mol. The van der Waals surface area contributed by atoms with E-state index in [-0.39, 0.29) is 11.0 Å². The normalized spacial score (nSPS) is 13.3. The summed E-state index contributed by atoms with van der Waals surface area (Å²) in [6.07, 6.45) is 2.83. The van der Waals surface area contributed by atoms with Gasteiger partial charge in [-0.05, 0) is 59.9 Å². The molecule has 0 amide bonds. The van der Waals surface area contributed by atoms with Gasteiger partial charge in [0.1, 0.15) is 5.75 Å². The zero-order chi connectivity index (χ0) is 23.2. The van der Waals surface area contributed by atoms with Crippen molar-refractivity contribution in [2.45, 2.75) is 57.8 Å². The van der Waals surface area contributed by atoms with Crippen molar-refractivity contribution < 1.29 is 13.9 Å². The molecule has 172 valence electrons. The summed E-state index contributed by atoms with van der Waals surface area (Å²) in [6, 6.07) is 18.5. The van der Waals surface area contributed by atoms with Gasteiger partial charge in [0.05, 0.1) is 25.8 Å². The molecule has 0 aliphatic carbocycles. The Labute approximate surface area is 194 Å². The molecule has 0 fully saturated rings. The molecule has 0 unspecified atom stereocenters. The van der Waals surface area contributed by atoms with E-state index in [4.69, 9.17) is 13.9 Å². The maximum atomic E-state index is 6.50. The Morgan fingerprint density at radius 1 is 0.969 bits per heavy atom. The third-order valence-electron chi connectivity index (χ3n) is 6.60. The molecular formula is C27H37NO3Si. The van der Waals surface area contributed by atoms with E-state index in [1.54, 1.807) is 7.11 Å². The highest BCUT2D eigenvalue weighted by atomic mass is 28.4. The van der Waals surface area contributed by atoms with Crippen LogP contribution >= 0.6 is 0 Å². The molecule has 0 radical (unpaired) electrons. The summed E-state index contributed by atoms with van der Waals surface area (Å²) in [5.41, 5.74) is 3.45. The van der Waals surface area contributed by atoms with Crippen molar-refractivity contribution in [3.05, 3.63) is 71.9 Å². The van der Waals surface area contributed by atoms with Crippen LogP contribution in [-0.4, -0.2) is 33.6 Å². The largest absolute Gasteiger partial charge is 0.497 e. The topological polar surface area (TPSA) is 40.6 Å². The van der Waals surface area contributed by atoms with Gasteiger partial charge < -0.3 is 13.9 Å². The lowest BCUT2D eigenvalue weighted by atomic mass is 9.94. The van der Waals surface area contributed by atoms with Crippen LogP contribution in [0.25, 0.3) is 10.9 Å². The van der Waals surface area contributed by atoms with Gasteiger partial charge in [0, 0.05) is 24.1 Å². The van der Waals surface area contributed by atoms with Crippen LogP contribution in [0.3, 0.4) is 0 Å². The number of benzene rings is 2. The monoisotopic (exact) mass is 451 g/mol. The van der Waals surface area contributed by atoms with Crippen molar-refractivity contribution in [2.75, 3.05) is 20.3 Å². The van der Waals surface area contributed by atoms with Gasteiger partial charge in [0.25, 0.3) is 0 Å². The minimum Gasteiger partial charge on any atom is -0.497 e. The van der Waals surface area contributed by atoms with E-state index in [0.717, 1.165) is 29.9 Å². The molecule has 5 heteroatoms. The van der Waals surface area contributed by atoms with Crippen molar-refractivity contribution in [1.82, 2.24) is 4.98 Å². The molecule has 0 bridgehead atoms. The van der Waals surface area contributed by atoms with Crippen molar-refractivity contribution in [3.8, 4) is 5.75 Å². The van der Waals surface area contributed by atoms with Crippen molar-refractivity contribution in [3.63, 3.8) is 0 Å². The van der Waals surface area contributed by atoms with Gasteiger partial charge in [0.15, 0.2) is 8.32 Å². The molecule has 1 aromatic heterocycles. The SMILES string of the molecule is COc1ccc(COC[C@H](CCO[Si](C)(C)C(C)(C)C)c2ccnc3ccccc23)cc1. The van der Waals surface area contributed by atoms with Crippen LogP contribution < -0.4 is 4.74 Å². The Balaban J connectivity index is 1.73. The second-order valence-electron chi connectivity index (χ2n) is 9.87. The Hall–Kier alpha value is -2.21. The third-order valence-corrected chi connectivity index (χ3v) is 11.1. The number of para-hydroxylation sites is 1. The van der Waals surface area contributed by atoms with Crippen LogP contribution in [0.2, 0.25) is 18.1 Å². The smallest absolute Gasteiger partial charge is 0.191 e. The lowest BCUT2D eigenvalue weighted by Crippen LogP contribution is -2.41. The van der Waals surface area contributed by atoms with Gasteiger partial charge >= 0.3 is 0 Å². The molecule has 3 rings (SSSR count). The van der Waals surface area contributed by atoms with Crippen LogP contribution in [0.5, 0.6) is 5.75 Å². The molecule has 2 aromatic carbocycles. The molecule has 0 aliphatic rings. The molecule has 3 aromatic rings. The third kappa shape index (κ3) is 6.18. The summed E-state index contributed by atoms with van der Waals surface area (Å²) < 4.78 is 18.0. The van der Waals surface area contributed by atoms with E-state index in [9.17, 15) is 0 Å². The minimum absolute atomic E-state index is 0.205. The zero-order valence-electron chi connectivity index (χ0n) is 20.4. The Kier molecular flexibility index (Phi) is 8.09. The van der Waals surface area contributed by atoms with Gasteiger partial charge in [-0.15, -0.1) is 0 Å². The number of pyridine rings is 1. The predicted octanol–water partition coefficient (Wildman–Crippen LogP) is 6.96. The summed E-state index contributed by atoms with van der Waals surface area (Å²) in [5.74, 6) is 1.10. The van der Waals surface area contributed by atoms with Gasteiger partial charge in [-0.25, -0.2) is 0 Å². The number of ether oxygens (including phenoxy) is 2. The molecule has 0 saturated heterocycles. The van der Waals surface area contributed by atoms with Crippen molar-refractivity contribution >= 4 is 19.2 Å². The highest BCUT2D eigenvalue weighted by molar-refractivity contribution is 6.74. The first-order valence-corrected chi connectivity index (χ1v) is 14.3. The first-order valence-electron chi connectivity index (χ1n) is 11.4. The first-order chi connectivity index (χ1) is 15.2. The number of nitrogens with zero attached hydrogens (tertiary/aromatic N) is 1. The fraction of sp³-hybridized carbons (Fsp3) is 0.444. The van der Waals surface area contributed by atoms with Crippen LogP contribution in [0, 0.1) is 0 Å². The van der Waals surface area contributed by atoms with Gasteiger partial charge in [-0.3, -0.25) is 4.98 Å². The standard InChI is InChI=1S/C27H37NO3Si/c1-27(2,3)32(5,6)31-18-16-22(20-30-19-21-11-13-23(29-4)14-12-21)24-15-17-28-26-10-8-7-9-25(24)26/h7-15,17,22H,16,18-20H2,1-6H3/t22-/m0/s1. The predicted molar refractivity (Wildman–Crippen MR) is 135 cm³/mol. The molecular weight excluding hydrogens is 414 g/mol. The molecule has 32 heavy (non-hydrogen) atoms. The van der Waals surface area contributed by atoms with Crippen molar-refractivity contribution in [2.24, 2.45) is 0 Å². The highest BCUT2D eigenvalue weighted by Gasteiger charge is 2.37.